The van der Waals surface area contributed by atoms with Gasteiger partial charge in [-0.05, 0) is 32.0 Å². The third kappa shape index (κ3) is 1.61. The first kappa shape index (κ1) is 7.68. The van der Waals surface area contributed by atoms with Crippen molar-refractivity contribution >= 4 is 5.88 Å². The van der Waals surface area contributed by atoms with Gasteiger partial charge in [0.15, 0.2) is 5.88 Å². The second-order valence-electron chi connectivity index (χ2n) is 3.29. The summed E-state index contributed by atoms with van der Waals surface area (Å²) in [5.41, 5.74) is 5.47. The molecule has 1 aromatic heterocycles. The summed E-state index contributed by atoms with van der Waals surface area (Å²) in [4.78, 5) is 2.39. The number of nitrogen functional groups attached to an aromatic ring is 1. The van der Waals surface area contributed by atoms with Crippen LogP contribution >= 0.6 is 0 Å². The summed E-state index contributed by atoms with van der Waals surface area (Å²) in [6, 6.07) is 3.76. The first-order valence-electron chi connectivity index (χ1n) is 4.41. The Hall–Kier alpha value is -0.960. The van der Waals surface area contributed by atoms with E-state index in [2.05, 4.69) is 4.90 Å². The number of anilines is 1. The molecule has 0 bridgehead atoms. The maximum atomic E-state index is 5.47. The van der Waals surface area contributed by atoms with Crippen LogP contribution < -0.4 is 5.73 Å². The quantitative estimate of drug-likeness (QED) is 0.723. The molecule has 2 rings (SSSR count). The largest absolute Gasteiger partial charge is 0.445 e. The minimum absolute atomic E-state index is 0.518. The maximum Gasteiger partial charge on any atom is 0.190 e. The van der Waals surface area contributed by atoms with Crippen molar-refractivity contribution in [1.29, 1.82) is 0 Å². The average Bonchev–Trinajstić information content (AvgIpc) is 2.63. The molecule has 1 aromatic rings. The molecule has 3 nitrogen and oxygen atoms in total. The van der Waals surface area contributed by atoms with Crippen molar-refractivity contribution in [2.45, 2.75) is 19.4 Å². The van der Waals surface area contributed by atoms with Crippen LogP contribution in [0.15, 0.2) is 16.5 Å². The van der Waals surface area contributed by atoms with Crippen molar-refractivity contribution in [1.82, 2.24) is 4.90 Å². The van der Waals surface area contributed by atoms with Gasteiger partial charge in [-0.15, -0.1) is 0 Å². The summed E-state index contributed by atoms with van der Waals surface area (Å²) in [6.07, 6.45) is 2.63. The van der Waals surface area contributed by atoms with Crippen molar-refractivity contribution in [3.63, 3.8) is 0 Å². The molecular formula is C9H14N2O. The molecule has 0 atom stereocenters. The summed E-state index contributed by atoms with van der Waals surface area (Å²) in [7, 11) is 0. The number of hydrogen-bond donors (Lipinski definition) is 1. The number of rotatable bonds is 2. The molecule has 0 radical (unpaired) electrons. The van der Waals surface area contributed by atoms with Gasteiger partial charge in [-0.2, -0.15) is 0 Å². The van der Waals surface area contributed by atoms with E-state index in [4.69, 9.17) is 10.2 Å². The van der Waals surface area contributed by atoms with Crippen LogP contribution in [0.1, 0.15) is 18.6 Å². The zero-order chi connectivity index (χ0) is 8.39. The standard InChI is InChI=1S/C9H14N2O/c10-9-4-3-8(12-9)7-11-5-1-2-6-11/h3-4H,1-2,5-7,10H2. The summed E-state index contributed by atoms with van der Waals surface area (Å²) in [5.74, 6) is 1.50. The summed E-state index contributed by atoms with van der Waals surface area (Å²) >= 11 is 0. The molecule has 0 aromatic carbocycles. The lowest BCUT2D eigenvalue weighted by atomic mass is 10.4. The zero-order valence-electron chi connectivity index (χ0n) is 7.12. The fourth-order valence-electron chi connectivity index (χ4n) is 1.64. The molecule has 66 valence electrons. The van der Waals surface area contributed by atoms with Crippen molar-refractivity contribution in [2.24, 2.45) is 0 Å². The smallest absolute Gasteiger partial charge is 0.190 e. The van der Waals surface area contributed by atoms with Crippen molar-refractivity contribution in [2.75, 3.05) is 18.8 Å². The van der Waals surface area contributed by atoms with Gasteiger partial charge in [0.2, 0.25) is 0 Å². The maximum absolute atomic E-state index is 5.47. The monoisotopic (exact) mass is 166 g/mol. The van der Waals surface area contributed by atoms with Crippen LogP contribution in [-0.2, 0) is 6.54 Å². The summed E-state index contributed by atoms with van der Waals surface area (Å²) in [5, 5.41) is 0. The molecule has 0 spiro atoms. The number of hydrogen-bond acceptors (Lipinski definition) is 3. The lowest BCUT2D eigenvalue weighted by Gasteiger charge is -2.11. The van der Waals surface area contributed by atoms with Gasteiger partial charge in [0.05, 0.1) is 6.54 Å². The van der Waals surface area contributed by atoms with Gasteiger partial charge in [0, 0.05) is 6.07 Å². The number of furan rings is 1. The predicted octanol–water partition coefficient (Wildman–Crippen LogP) is 1.46. The molecule has 1 aliphatic rings. The Morgan fingerprint density at radius 1 is 1.33 bits per heavy atom. The predicted molar refractivity (Wildman–Crippen MR) is 47.6 cm³/mol. The second kappa shape index (κ2) is 3.19. The van der Waals surface area contributed by atoms with Crippen molar-refractivity contribution in [3.05, 3.63) is 17.9 Å². The van der Waals surface area contributed by atoms with Gasteiger partial charge in [-0.3, -0.25) is 4.90 Å². The van der Waals surface area contributed by atoms with E-state index in [0.717, 1.165) is 12.3 Å². The summed E-state index contributed by atoms with van der Waals surface area (Å²) < 4.78 is 5.28. The SMILES string of the molecule is Nc1ccc(CN2CCCC2)o1. The molecule has 3 heteroatoms. The minimum Gasteiger partial charge on any atom is -0.445 e. The van der Waals surface area contributed by atoms with E-state index in [0.29, 0.717) is 5.88 Å². The lowest BCUT2D eigenvalue weighted by molar-refractivity contribution is 0.300. The fraction of sp³-hybridized carbons (Fsp3) is 0.556. The van der Waals surface area contributed by atoms with Crippen molar-refractivity contribution in [3.8, 4) is 0 Å². The topological polar surface area (TPSA) is 42.4 Å². The molecule has 1 aliphatic heterocycles. The third-order valence-corrected chi connectivity index (χ3v) is 2.26. The van der Waals surface area contributed by atoms with Crippen LogP contribution in [-0.4, -0.2) is 18.0 Å². The molecule has 0 unspecified atom stereocenters. The molecule has 12 heavy (non-hydrogen) atoms. The highest BCUT2D eigenvalue weighted by Gasteiger charge is 2.12. The molecule has 0 amide bonds. The van der Waals surface area contributed by atoms with Gasteiger partial charge in [0.25, 0.3) is 0 Å². The highest BCUT2D eigenvalue weighted by atomic mass is 16.4. The Morgan fingerprint density at radius 3 is 2.67 bits per heavy atom. The molecule has 2 N–H and O–H groups in total. The second-order valence-corrected chi connectivity index (χ2v) is 3.29. The van der Waals surface area contributed by atoms with Crippen LogP contribution in [0.25, 0.3) is 0 Å². The van der Waals surface area contributed by atoms with E-state index < -0.39 is 0 Å². The molecule has 1 fully saturated rings. The normalized spacial score (nSPS) is 18.7. The molecule has 0 aliphatic carbocycles. The van der Waals surface area contributed by atoms with E-state index in [-0.39, 0.29) is 0 Å². The minimum atomic E-state index is 0.518. The van der Waals surface area contributed by atoms with Gasteiger partial charge >= 0.3 is 0 Å². The fourth-order valence-corrected chi connectivity index (χ4v) is 1.64. The van der Waals surface area contributed by atoms with Crippen LogP contribution in [0, 0.1) is 0 Å². The van der Waals surface area contributed by atoms with Gasteiger partial charge < -0.3 is 10.2 Å². The average molecular weight is 166 g/mol. The lowest BCUT2D eigenvalue weighted by Crippen LogP contribution is -2.17. The first-order chi connectivity index (χ1) is 5.84. The van der Waals surface area contributed by atoms with E-state index in [1.807, 2.05) is 12.1 Å². The molecule has 0 saturated carbocycles. The highest BCUT2D eigenvalue weighted by molar-refractivity contribution is 5.25. The van der Waals surface area contributed by atoms with E-state index in [1.165, 1.54) is 25.9 Å². The first-order valence-corrected chi connectivity index (χ1v) is 4.41. The zero-order valence-corrected chi connectivity index (χ0v) is 7.12. The van der Waals surface area contributed by atoms with Crippen LogP contribution in [0.3, 0.4) is 0 Å². The van der Waals surface area contributed by atoms with Gasteiger partial charge in [0.1, 0.15) is 5.76 Å². The Balaban J connectivity index is 1.94. The molecular weight excluding hydrogens is 152 g/mol. The molecule has 1 saturated heterocycles. The van der Waals surface area contributed by atoms with Gasteiger partial charge in [-0.25, -0.2) is 0 Å². The molecule has 2 heterocycles. The Labute approximate surface area is 72.1 Å². The highest BCUT2D eigenvalue weighted by Crippen LogP contribution is 2.15. The van der Waals surface area contributed by atoms with E-state index in [1.54, 1.807) is 0 Å². The Bertz CT molecular complexity index is 251. The van der Waals surface area contributed by atoms with Gasteiger partial charge in [-0.1, -0.05) is 0 Å². The van der Waals surface area contributed by atoms with E-state index >= 15 is 0 Å². The van der Waals surface area contributed by atoms with E-state index in [9.17, 15) is 0 Å². The van der Waals surface area contributed by atoms with Crippen LogP contribution in [0.2, 0.25) is 0 Å². The van der Waals surface area contributed by atoms with Crippen LogP contribution in [0.4, 0.5) is 5.88 Å². The number of likely N-dealkylation sites (tertiary alicyclic amines) is 1. The third-order valence-electron chi connectivity index (χ3n) is 2.26. The number of nitrogens with two attached hydrogens (primary N) is 1. The Kier molecular flexibility index (Phi) is 2.04. The Morgan fingerprint density at radius 2 is 2.08 bits per heavy atom. The van der Waals surface area contributed by atoms with Crippen LogP contribution in [0.5, 0.6) is 0 Å². The van der Waals surface area contributed by atoms with Crippen molar-refractivity contribution < 1.29 is 4.42 Å². The number of nitrogens with zero attached hydrogens (tertiary/aromatic N) is 1. The summed E-state index contributed by atoms with van der Waals surface area (Å²) in [6.45, 7) is 3.30.